The van der Waals surface area contributed by atoms with E-state index in [2.05, 4.69) is 103 Å². The van der Waals surface area contributed by atoms with E-state index in [0.717, 1.165) is 94.9 Å². The van der Waals surface area contributed by atoms with E-state index in [1.807, 2.05) is 74.7 Å². The van der Waals surface area contributed by atoms with Gasteiger partial charge in [0.25, 0.3) is 0 Å². The molecule has 4 aromatic heterocycles. The van der Waals surface area contributed by atoms with Crippen molar-refractivity contribution in [2.24, 2.45) is 11.8 Å². The Labute approximate surface area is 363 Å². The van der Waals surface area contributed by atoms with Crippen LogP contribution in [0.5, 0.6) is 0 Å². The molecule has 62 heavy (non-hydrogen) atoms. The molecule has 0 radical (unpaired) electrons. The quantitative estimate of drug-likeness (QED) is 0.0787. The minimum atomic E-state index is -0.451. The van der Waals surface area contributed by atoms with Crippen LogP contribution in [0, 0.1) is 11.8 Å². The number of aryl methyl sites for hydroxylation is 2. The first-order valence-electron chi connectivity index (χ1n) is 22.2. The lowest BCUT2D eigenvalue weighted by molar-refractivity contribution is -0.134. The Kier molecular flexibility index (Phi) is 12.7. The zero-order valence-electron chi connectivity index (χ0n) is 36.6. The van der Waals surface area contributed by atoms with E-state index < -0.39 is 12.1 Å². The van der Waals surface area contributed by atoms with E-state index in [9.17, 15) is 9.59 Å². The number of carbonyl (C=O) groups is 2. The van der Waals surface area contributed by atoms with E-state index in [4.69, 9.17) is 9.97 Å². The van der Waals surface area contributed by atoms with Crippen LogP contribution in [0.2, 0.25) is 0 Å². The third-order valence-electron chi connectivity index (χ3n) is 12.3. The Balaban J connectivity index is 0.901. The average molecular weight is 835 g/mol. The van der Waals surface area contributed by atoms with E-state index in [0.29, 0.717) is 25.0 Å². The maximum atomic E-state index is 14.0. The van der Waals surface area contributed by atoms with Crippen LogP contribution in [0.1, 0.15) is 102 Å². The SMILES string of the molecule is CCc1cnc(N[C@H](C(=O)N2CCC[C@H]2c2ncc(-c3ccc(-c4ccc(-c5cnc([C@@H]6CCCN6C(=O)[C@@H](Nc6ncc(CC)cn6)C(C)C)[nH]5)cc4)cc3)[nH]2)C(C)C)nc1. The van der Waals surface area contributed by atoms with Crippen LogP contribution in [0.15, 0.2) is 85.7 Å². The molecule has 2 aliphatic heterocycles. The number of hydrogen-bond acceptors (Lipinski definition) is 10. The molecule has 0 unspecified atom stereocenters. The number of benzene rings is 2. The minimum Gasteiger partial charge on any atom is -0.342 e. The number of likely N-dealkylation sites (tertiary alicyclic amines) is 2. The van der Waals surface area contributed by atoms with Crippen molar-refractivity contribution in [3.05, 3.63) is 108 Å². The van der Waals surface area contributed by atoms with Crippen LogP contribution in [-0.4, -0.2) is 86.7 Å². The summed E-state index contributed by atoms with van der Waals surface area (Å²) in [6.45, 7) is 13.7. The van der Waals surface area contributed by atoms with Crippen molar-refractivity contribution in [2.45, 2.75) is 104 Å². The summed E-state index contributed by atoms with van der Waals surface area (Å²) >= 11 is 0. The molecule has 2 amide bonds. The number of rotatable bonds is 15. The monoisotopic (exact) mass is 834 g/mol. The van der Waals surface area contributed by atoms with Gasteiger partial charge < -0.3 is 30.4 Å². The Hall–Kier alpha value is -6.44. The maximum Gasteiger partial charge on any atom is 0.246 e. The largest absolute Gasteiger partial charge is 0.342 e. The first-order chi connectivity index (χ1) is 30.1. The summed E-state index contributed by atoms with van der Waals surface area (Å²) in [6, 6.07) is 15.7. The highest BCUT2D eigenvalue weighted by atomic mass is 16.2. The smallest absolute Gasteiger partial charge is 0.246 e. The van der Waals surface area contributed by atoms with Crippen molar-refractivity contribution >= 4 is 23.7 Å². The molecule has 0 saturated carbocycles. The van der Waals surface area contributed by atoms with Crippen molar-refractivity contribution in [1.29, 1.82) is 0 Å². The van der Waals surface area contributed by atoms with Crippen LogP contribution < -0.4 is 10.6 Å². The predicted molar refractivity (Wildman–Crippen MR) is 242 cm³/mol. The molecular formula is C48H58N12O2. The molecule has 14 nitrogen and oxygen atoms in total. The number of nitrogens with zero attached hydrogens (tertiary/aromatic N) is 8. The molecule has 2 aromatic carbocycles. The topological polar surface area (TPSA) is 174 Å². The molecule has 2 saturated heterocycles. The van der Waals surface area contributed by atoms with Gasteiger partial charge in [0.15, 0.2) is 0 Å². The maximum absolute atomic E-state index is 14.0. The van der Waals surface area contributed by atoms with E-state index in [1.54, 1.807) is 0 Å². The number of imidazole rings is 2. The van der Waals surface area contributed by atoms with E-state index >= 15 is 0 Å². The van der Waals surface area contributed by atoms with Crippen LogP contribution in [-0.2, 0) is 22.4 Å². The molecule has 2 fully saturated rings. The molecule has 14 heteroatoms. The van der Waals surface area contributed by atoms with Gasteiger partial charge in [-0.2, -0.15) is 0 Å². The van der Waals surface area contributed by atoms with Crippen molar-refractivity contribution in [3.8, 4) is 33.6 Å². The summed E-state index contributed by atoms with van der Waals surface area (Å²) < 4.78 is 0. The summed E-state index contributed by atoms with van der Waals surface area (Å²) in [5.41, 5.74) is 8.17. The average Bonchev–Trinajstić information content (AvgIpc) is 4.15. The standard InChI is InChI=1S/C48H58N12O2/c1-7-31-23-51-47(52-24-31)57-41(29(3)4)45(61)59-21-9-11-39(59)43-49-27-37(55-43)35-17-13-33(14-18-35)34-15-19-36(20-16-34)38-28-50-44(56-38)40-12-10-22-60(40)46(62)42(30(5)6)58-48-53-25-32(8-2)26-54-48/h13-20,23-30,39-42H,7-12,21-22H2,1-6H3,(H,49,55)(H,50,56)(H,51,52,57)(H,53,54,58)/t39-,40-,41-,42-/m0/s1. The lowest BCUT2D eigenvalue weighted by Gasteiger charge is -2.30. The van der Waals surface area contributed by atoms with Crippen molar-refractivity contribution in [2.75, 3.05) is 23.7 Å². The highest BCUT2D eigenvalue weighted by Gasteiger charge is 2.38. The summed E-state index contributed by atoms with van der Waals surface area (Å²) in [6.07, 6.45) is 16.2. The van der Waals surface area contributed by atoms with Crippen molar-refractivity contribution < 1.29 is 9.59 Å². The van der Waals surface area contributed by atoms with Crippen LogP contribution in [0.4, 0.5) is 11.9 Å². The normalized spacial score (nSPS) is 17.5. The van der Waals surface area contributed by atoms with Gasteiger partial charge in [0.1, 0.15) is 23.7 Å². The number of amides is 2. The molecule has 322 valence electrons. The number of hydrogen-bond donors (Lipinski definition) is 4. The number of carbonyl (C=O) groups excluding carboxylic acids is 2. The fourth-order valence-electron chi connectivity index (χ4n) is 8.51. The van der Waals surface area contributed by atoms with Crippen LogP contribution in [0.3, 0.4) is 0 Å². The molecular weight excluding hydrogens is 777 g/mol. The summed E-state index contributed by atoms with van der Waals surface area (Å²) in [7, 11) is 0. The van der Waals surface area contributed by atoms with Gasteiger partial charge in [-0.25, -0.2) is 29.9 Å². The van der Waals surface area contributed by atoms with Crippen LogP contribution >= 0.6 is 0 Å². The Morgan fingerprint density at radius 2 is 0.919 bits per heavy atom. The highest BCUT2D eigenvalue weighted by molar-refractivity contribution is 5.86. The summed E-state index contributed by atoms with van der Waals surface area (Å²) in [5.74, 6) is 2.69. The first-order valence-corrected chi connectivity index (χ1v) is 22.2. The second-order valence-electron chi connectivity index (χ2n) is 17.2. The van der Waals surface area contributed by atoms with Gasteiger partial charge in [-0.3, -0.25) is 9.59 Å². The molecule has 2 aliphatic rings. The summed E-state index contributed by atoms with van der Waals surface area (Å²) in [4.78, 5) is 66.3. The van der Waals surface area contributed by atoms with Gasteiger partial charge in [-0.15, -0.1) is 0 Å². The Bertz CT molecular complexity index is 2250. The second-order valence-corrected chi connectivity index (χ2v) is 17.2. The number of H-pyrrole nitrogens is 2. The molecule has 4 N–H and O–H groups in total. The molecule has 0 aliphatic carbocycles. The fourth-order valence-corrected chi connectivity index (χ4v) is 8.51. The van der Waals surface area contributed by atoms with Gasteiger partial charge in [-0.1, -0.05) is 90.1 Å². The number of aromatic amines is 2. The van der Waals surface area contributed by atoms with Gasteiger partial charge in [0.2, 0.25) is 23.7 Å². The zero-order valence-corrected chi connectivity index (χ0v) is 36.6. The van der Waals surface area contributed by atoms with Gasteiger partial charge in [-0.05, 0) is 83.7 Å². The van der Waals surface area contributed by atoms with Gasteiger partial charge >= 0.3 is 0 Å². The van der Waals surface area contributed by atoms with Crippen molar-refractivity contribution in [3.63, 3.8) is 0 Å². The third kappa shape index (κ3) is 9.09. The van der Waals surface area contributed by atoms with Gasteiger partial charge in [0, 0.05) is 37.9 Å². The Morgan fingerprint density at radius 1 is 0.565 bits per heavy atom. The predicted octanol–water partition coefficient (Wildman–Crippen LogP) is 8.44. The fraction of sp³-hybridized carbons (Fsp3) is 0.417. The number of aromatic nitrogens is 8. The lowest BCUT2D eigenvalue weighted by Crippen LogP contribution is -2.45. The summed E-state index contributed by atoms with van der Waals surface area (Å²) in [5, 5.41) is 6.61. The Morgan fingerprint density at radius 3 is 1.26 bits per heavy atom. The van der Waals surface area contributed by atoms with E-state index in [1.165, 1.54) is 0 Å². The third-order valence-corrected chi connectivity index (χ3v) is 12.3. The minimum absolute atomic E-state index is 0.0354. The number of nitrogens with one attached hydrogen (secondary N) is 4. The zero-order chi connectivity index (χ0) is 43.3. The second kappa shape index (κ2) is 18.7. The molecule has 0 spiro atoms. The van der Waals surface area contributed by atoms with Gasteiger partial charge in [0.05, 0.1) is 35.9 Å². The molecule has 6 aromatic rings. The van der Waals surface area contributed by atoms with E-state index in [-0.39, 0.29) is 35.7 Å². The first kappa shape index (κ1) is 42.3. The number of anilines is 2. The molecule has 4 atom stereocenters. The van der Waals surface area contributed by atoms with Crippen molar-refractivity contribution in [1.82, 2.24) is 49.7 Å². The lowest BCUT2D eigenvalue weighted by atomic mass is 10.0. The van der Waals surface area contributed by atoms with Crippen LogP contribution in [0.25, 0.3) is 33.6 Å². The molecule has 6 heterocycles. The molecule has 8 rings (SSSR count). The highest BCUT2D eigenvalue weighted by Crippen LogP contribution is 2.35. The molecule has 0 bridgehead atoms.